The Labute approximate surface area is 56.2 Å². The van der Waals surface area contributed by atoms with Crippen LogP contribution in [0.1, 0.15) is 13.8 Å². The number of aliphatic hydroxyl groups excluding tert-OH is 1. The third kappa shape index (κ3) is 4.39. The summed E-state index contributed by atoms with van der Waals surface area (Å²) < 4.78 is 0. The zero-order chi connectivity index (χ0) is 7.28. The van der Waals surface area contributed by atoms with Crippen molar-refractivity contribution in [2.45, 2.75) is 26.0 Å². The Balaban J connectivity index is 3.16. The van der Waals surface area contributed by atoms with Crippen LogP contribution in [0.25, 0.3) is 0 Å². The van der Waals surface area contributed by atoms with Crippen LogP contribution in [0.4, 0.5) is 0 Å². The molecule has 0 aromatic carbocycles. The fourth-order valence-electron chi connectivity index (χ4n) is 0.482. The number of rotatable bonds is 4. The molecule has 0 spiro atoms. The average Bonchev–Trinajstić information content (AvgIpc) is 1.82. The zero-order valence-corrected chi connectivity index (χ0v) is 6.09. The molecule has 0 aliphatic heterocycles. The highest BCUT2D eigenvalue weighted by atomic mass is 16.3. The normalized spacial score (nSPS) is 17.3. The first kappa shape index (κ1) is 8.88. The Hall–Kier alpha value is -0.120. The minimum atomic E-state index is -0.295. The van der Waals surface area contributed by atoms with E-state index >= 15 is 0 Å². The van der Waals surface area contributed by atoms with Crippen molar-refractivity contribution in [1.29, 1.82) is 0 Å². The lowest BCUT2D eigenvalue weighted by atomic mass is 10.2. The summed E-state index contributed by atoms with van der Waals surface area (Å²) in [5, 5.41) is 12.0. The maximum atomic E-state index is 8.94. The lowest BCUT2D eigenvalue weighted by molar-refractivity contribution is 0.153. The van der Waals surface area contributed by atoms with E-state index in [2.05, 4.69) is 5.32 Å². The molecular formula is C6H16N2O. The summed E-state index contributed by atoms with van der Waals surface area (Å²) in [6.45, 7) is 5.08. The van der Waals surface area contributed by atoms with Gasteiger partial charge in [0.05, 0.1) is 6.10 Å². The quantitative estimate of drug-likeness (QED) is 0.474. The SMILES string of the molecule is C[C@H](O)[C@H](C)NCCN. The average molecular weight is 132 g/mol. The molecule has 0 aromatic heterocycles. The molecule has 3 heteroatoms. The molecule has 0 aliphatic rings. The van der Waals surface area contributed by atoms with Crippen LogP contribution in [-0.2, 0) is 0 Å². The molecule has 56 valence electrons. The molecule has 0 rings (SSSR count). The van der Waals surface area contributed by atoms with E-state index in [1.807, 2.05) is 6.92 Å². The molecule has 3 nitrogen and oxygen atoms in total. The van der Waals surface area contributed by atoms with Gasteiger partial charge in [-0.15, -0.1) is 0 Å². The van der Waals surface area contributed by atoms with Crippen molar-refractivity contribution < 1.29 is 5.11 Å². The highest BCUT2D eigenvalue weighted by Crippen LogP contribution is 1.87. The summed E-state index contributed by atoms with van der Waals surface area (Å²) in [6.07, 6.45) is -0.295. The number of aliphatic hydroxyl groups is 1. The van der Waals surface area contributed by atoms with E-state index < -0.39 is 0 Å². The molecule has 0 aromatic rings. The number of hydrogen-bond acceptors (Lipinski definition) is 3. The predicted octanol–water partition coefficient (Wildman–Crippen LogP) is -0.696. The monoisotopic (exact) mass is 132 g/mol. The molecule has 0 unspecified atom stereocenters. The maximum absolute atomic E-state index is 8.94. The molecule has 0 radical (unpaired) electrons. The molecule has 0 amide bonds. The summed E-state index contributed by atoms with van der Waals surface area (Å²) in [5.74, 6) is 0. The van der Waals surface area contributed by atoms with E-state index in [-0.39, 0.29) is 12.1 Å². The second-order valence-corrected chi connectivity index (χ2v) is 2.27. The Bertz CT molecular complexity index is 66.1. The van der Waals surface area contributed by atoms with Crippen molar-refractivity contribution in [2.24, 2.45) is 5.73 Å². The van der Waals surface area contributed by atoms with Gasteiger partial charge in [-0.1, -0.05) is 0 Å². The molecule has 9 heavy (non-hydrogen) atoms. The smallest absolute Gasteiger partial charge is 0.0662 e. The molecule has 0 saturated heterocycles. The highest BCUT2D eigenvalue weighted by Gasteiger charge is 2.04. The first-order chi connectivity index (χ1) is 4.18. The van der Waals surface area contributed by atoms with E-state index in [1.54, 1.807) is 6.92 Å². The van der Waals surface area contributed by atoms with E-state index in [1.165, 1.54) is 0 Å². The largest absolute Gasteiger partial charge is 0.392 e. The third-order valence-corrected chi connectivity index (χ3v) is 1.33. The summed E-state index contributed by atoms with van der Waals surface area (Å²) in [5.41, 5.74) is 5.23. The highest BCUT2D eigenvalue weighted by molar-refractivity contribution is 4.65. The molecule has 0 aliphatic carbocycles. The van der Waals surface area contributed by atoms with Crippen molar-refractivity contribution in [1.82, 2.24) is 5.32 Å². The number of nitrogens with two attached hydrogens (primary N) is 1. The molecular weight excluding hydrogens is 116 g/mol. The topological polar surface area (TPSA) is 58.3 Å². The molecule has 0 heterocycles. The fourth-order valence-corrected chi connectivity index (χ4v) is 0.482. The standard InChI is InChI=1S/C6H16N2O/c1-5(6(2)9)8-4-3-7/h5-6,8-9H,3-4,7H2,1-2H3/t5-,6-/m0/s1. The van der Waals surface area contributed by atoms with E-state index in [9.17, 15) is 0 Å². The summed E-state index contributed by atoms with van der Waals surface area (Å²) in [4.78, 5) is 0. The third-order valence-electron chi connectivity index (χ3n) is 1.33. The molecule has 0 fully saturated rings. The Morgan fingerprint density at radius 3 is 2.44 bits per heavy atom. The van der Waals surface area contributed by atoms with Gasteiger partial charge in [-0.3, -0.25) is 0 Å². The van der Waals surface area contributed by atoms with Crippen LogP contribution in [0.3, 0.4) is 0 Å². The van der Waals surface area contributed by atoms with Gasteiger partial charge in [-0.05, 0) is 13.8 Å². The van der Waals surface area contributed by atoms with Gasteiger partial charge in [-0.25, -0.2) is 0 Å². The van der Waals surface area contributed by atoms with Crippen LogP contribution in [0, 0.1) is 0 Å². The van der Waals surface area contributed by atoms with Crippen LogP contribution >= 0.6 is 0 Å². The molecule has 2 atom stereocenters. The van der Waals surface area contributed by atoms with Gasteiger partial charge in [0.15, 0.2) is 0 Å². The fraction of sp³-hybridized carbons (Fsp3) is 1.00. The first-order valence-corrected chi connectivity index (χ1v) is 3.30. The van der Waals surface area contributed by atoms with Crippen LogP contribution in [0.5, 0.6) is 0 Å². The van der Waals surface area contributed by atoms with Gasteiger partial charge in [0, 0.05) is 19.1 Å². The van der Waals surface area contributed by atoms with E-state index in [0.29, 0.717) is 6.54 Å². The van der Waals surface area contributed by atoms with Gasteiger partial charge in [0.2, 0.25) is 0 Å². The second-order valence-electron chi connectivity index (χ2n) is 2.27. The lowest BCUT2D eigenvalue weighted by Crippen LogP contribution is -2.38. The second kappa shape index (κ2) is 4.73. The summed E-state index contributed by atoms with van der Waals surface area (Å²) in [6, 6.07) is 0.147. The van der Waals surface area contributed by atoms with Crippen molar-refractivity contribution in [3.63, 3.8) is 0 Å². The van der Waals surface area contributed by atoms with Gasteiger partial charge in [-0.2, -0.15) is 0 Å². The van der Waals surface area contributed by atoms with Gasteiger partial charge in [0.1, 0.15) is 0 Å². The first-order valence-electron chi connectivity index (χ1n) is 3.30. The number of hydrogen-bond donors (Lipinski definition) is 3. The predicted molar refractivity (Wildman–Crippen MR) is 38.2 cm³/mol. The minimum Gasteiger partial charge on any atom is -0.392 e. The Morgan fingerprint density at radius 1 is 1.56 bits per heavy atom. The van der Waals surface area contributed by atoms with E-state index in [0.717, 1.165) is 6.54 Å². The van der Waals surface area contributed by atoms with Gasteiger partial charge in [0.25, 0.3) is 0 Å². The van der Waals surface area contributed by atoms with Gasteiger partial charge < -0.3 is 16.2 Å². The van der Waals surface area contributed by atoms with Crippen LogP contribution < -0.4 is 11.1 Å². The Kier molecular flexibility index (Phi) is 4.67. The zero-order valence-electron chi connectivity index (χ0n) is 6.09. The van der Waals surface area contributed by atoms with Crippen molar-refractivity contribution >= 4 is 0 Å². The van der Waals surface area contributed by atoms with Crippen LogP contribution in [0.15, 0.2) is 0 Å². The van der Waals surface area contributed by atoms with Crippen molar-refractivity contribution in [3.8, 4) is 0 Å². The van der Waals surface area contributed by atoms with E-state index in [4.69, 9.17) is 10.8 Å². The van der Waals surface area contributed by atoms with Crippen molar-refractivity contribution in [2.75, 3.05) is 13.1 Å². The lowest BCUT2D eigenvalue weighted by Gasteiger charge is -2.15. The van der Waals surface area contributed by atoms with Gasteiger partial charge >= 0.3 is 0 Å². The van der Waals surface area contributed by atoms with Crippen LogP contribution in [-0.4, -0.2) is 30.3 Å². The molecule has 0 saturated carbocycles. The number of nitrogens with one attached hydrogen (secondary N) is 1. The van der Waals surface area contributed by atoms with Crippen molar-refractivity contribution in [3.05, 3.63) is 0 Å². The van der Waals surface area contributed by atoms with Crippen LogP contribution in [0.2, 0.25) is 0 Å². The molecule has 4 N–H and O–H groups in total. The summed E-state index contributed by atoms with van der Waals surface area (Å²) >= 11 is 0. The maximum Gasteiger partial charge on any atom is 0.0662 e. The molecule has 0 bridgehead atoms. The Morgan fingerprint density at radius 2 is 2.11 bits per heavy atom. The minimum absolute atomic E-state index is 0.147. The summed E-state index contributed by atoms with van der Waals surface area (Å²) in [7, 11) is 0.